The Labute approximate surface area is 203 Å². The molecule has 4 nitrogen and oxygen atoms in total. The fourth-order valence-electron chi connectivity index (χ4n) is 3.21. The van der Waals surface area contributed by atoms with Gasteiger partial charge in [0.1, 0.15) is 23.9 Å². The molecule has 0 saturated carbocycles. The standard InChI is InChI=1S/C28H25FO4S/c1-20-18-25(13-14-27(20)33-19-28(30)31)32-16-15-26(23-9-11-24(29)12-10-23)22-7-5-21(6-8-22)4-3-17-34-2/h5-15,18H,16-17,19H2,1-2H3,(H,30,31)/b26-15+. The van der Waals surface area contributed by atoms with Crippen LogP contribution >= 0.6 is 11.8 Å². The summed E-state index contributed by atoms with van der Waals surface area (Å²) in [4.78, 5) is 10.7. The molecule has 0 spiro atoms. The van der Waals surface area contributed by atoms with Crippen LogP contribution in [0.5, 0.6) is 11.5 Å². The molecule has 0 saturated heterocycles. The minimum atomic E-state index is -1.03. The van der Waals surface area contributed by atoms with Crippen LogP contribution in [-0.2, 0) is 4.79 Å². The number of aliphatic carboxylic acids is 1. The lowest BCUT2D eigenvalue weighted by Crippen LogP contribution is -2.10. The van der Waals surface area contributed by atoms with Gasteiger partial charge in [0.25, 0.3) is 0 Å². The van der Waals surface area contributed by atoms with E-state index in [1.807, 2.05) is 43.5 Å². The second kappa shape index (κ2) is 12.5. The number of carbonyl (C=O) groups is 1. The second-order valence-corrected chi connectivity index (χ2v) is 8.22. The van der Waals surface area contributed by atoms with E-state index in [-0.39, 0.29) is 12.4 Å². The zero-order valence-corrected chi connectivity index (χ0v) is 19.8. The molecular weight excluding hydrogens is 451 g/mol. The number of hydrogen-bond acceptors (Lipinski definition) is 4. The summed E-state index contributed by atoms with van der Waals surface area (Å²) in [5.74, 6) is 6.85. The van der Waals surface area contributed by atoms with Crippen LogP contribution in [0.4, 0.5) is 4.39 Å². The minimum absolute atomic E-state index is 0.288. The zero-order chi connectivity index (χ0) is 24.3. The van der Waals surface area contributed by atoms with Gasteiger partial charge in [-0.3, -0.25) is 0 Å². The van der Waals surface area contributed by atoms with Gasteiger partial charge in [-0.05, 0) is 84.0 Å². The highest BCUT2D eigenvalue weighted by molar-refractivity contribution is 7.98. The van der Waals surface area contributed by atoms with Crippen LogP contribution in [0.25, 0.3) is 5.57 Å². The third kappa shape index (κ3) is 7.43. The number of aryl methyl sites for hydroxylation is 1. The van der Waals surface area contributed by atoms with E-state index in [2.05, 4.69) is 11.8 Å². The van der Waals surface area contributed by atoms with Gasteiger partial charge in [0.2, 0.25) is 0 Å². The first-order valence-electron chi connectivity index (χ1n) is 10.6. The van der Waals surface area contributed by atoms with Gasteiger partial charge in [0.05, 0.1) is 5.75 Å². The van der Waals surface area contributed by atoms with Crippen molar-refractivity contribution in [3.8, 4) is 23.3 Å². The van der Waals surface area contributed by atoms with E-state index >= 15 is 0 Å². The van der Waals surface area contributed by atoms with Gasteiger partial charge in [-0.15, -0.1) is 0 Å². The highest BCUT2D eigenvalue weighted by Crippen LogP contribution is 2.26. The Kier molecular flexibility index (Phi) is 9.19. The second-order valence-electron chi connectivity index (χ2n) is 7.36. The Morgan fingerprint density at radius 1 is 1.03 bits per heavy atom. The molecule has 0 aliphatic carbocycles. The predicted octanol–water partition coefficient (Wildman–Crippen LogP) is 5.82. The van der Waals surface area contributed by atoms with E-state index in [0.717, 1.165) is 33.6 Å². The normalized spacial score (nSPS) is 10.9. The topological polar surface area (TPSA) is 55.8 Å². The van der Waals surface area contributed by atoms with Crippen LogP contribution < -0.4 is 9.47 Å². The summed E-state index contributed by atoms with van der Waals surface area (Å²) in [6, 6.07) is 19.5. The smallest absolute Gasteiger partial charge is 0.341 e. The summed E-state index contributed by atoms with van der Waals surface area (Å²) in [5.41, 5.74) is 4.48. The van der Waals surface area contributed by atoms with Gasteiger partial charge in [0, 0.05) is 5.56 Å². The number of ether oxygens (including phenoxy) is 2. The highest BCUT2D eigenvalue weighted by Gasteiger charge is 2.08. The Bertz CT molecular complexity index is 1210. The highest BCUT2D eigenvalue weighted by atomic mass is 32.2. The van der Waals surface area contributed by atoms with Crippen LogP contribution in [0.2, 0.25) is 0 Å². The van der Waals surface area contributed by atoms with Crippen molar-refractivity contribution in [1.82, 2.24) is 0 Å². The Morgan fingerprint density at radius 3 is 2.32 bits per heavy atom. The Morgan fingerprint density at radius 2 is 1.71 bits per heavy atom. The molecule has 3 aromatic carbocycles. The number of carboxylic acid groups (broad SMARTS) is 1. The molecule has 0 heterocycles. The molecule has 34 heavy (non-hydrogen) atoms. The Balaban J connectivity index is 1.78. The number of halogens is 1. The molecule has 6 heteroatoms. The largest absolute Gasteiger partial charge is 0.489 e. The van der Waals surface area contributed by atoms with Crippen LogP contribution in [-0.4, -0.2) is 36.3 Å². The summed E-state index contributed by atoms with van der Waals surface area (Å²) < 4.78 is 24.7. The molecule has 0 aromatic heterocycles. The van der Waals surface area contributed by atoms with E-state index < -0.39 is 12.6 Å². The third-order valence-electron chi connectivity index (χ3n) is 4.84. The van der Waals surface area contributed by atoms with Gasteiger partial charge >= 0.3 is 5.97 Å². The van der Waals surface area contributed by atoms with E-state index in [9.17, 15) is 9.18 Å². The molecule has 0 fully saturated rings. The van der Waals surface area contributed by atoms with Crippen molar-refractivity contribution < 1.29 is 23.8 Å². The summed E-state index contributed by atoms with van der Waals surface area (Å²) in [6.07, 6.45) is 3.97. The molecule has 0 bridgehead atoms. The van der Waals surface area contributed by atoms with Crippen LogP contribution in [0.1, 0.15) is 22.3 Å². The third-order valence-corrected chi connectivity index (χ3v) is 5.27. The molecule has 0 unspecified atom stereocenters. The number of thioether (sulfide) groups is 1. The van der Waals surface area contributed by atoms with Gasteiger partial charge in [-0.2, -0.15) is 11.8 Å². The van der Waals surface area contributed by atoms with Gasteiger partial charge in [0.15, 0.2) is 6.61 Å². The lowest BCUT2D eigenvalue weighted by molar-refractivity contribution is -0.139. The summed E-state index contributed by atoms with van der Waals surface area (Å²) in [6.45, 7) is 1.72. The van der Waals surface area contributed by atoms with Crippen LogP contribution in [0.15, 0.2) is 72.8 Å². The van der Waals surface area contributed by atoms with Crippen molar-refractivity contribution >= 4 is 23.3 Å². The van der Waals surface area contributed by atoms with Crippen molar-refractivity contribution in [2.45, 2.75) is 6.92 Å². The number of benzene rings is 3. The lowest BCUT2D eigenvalue weighted by Gasteiger charge is -2.12. The first-order valence-corrected chi connectivity index (χ1v) is 12.0. The molecule has 3 rings (SSSR count). The van der Waals surface area contributed by atoms with Crippen molar-refractivity contribution in [2.24, 2.45) is 0 Å². The number of hydrogen-bond donors (Lipinski definition) is 1. The van der Waals surface area contributed by atoms with Crippen molar-refractivity contribution in [1.29, 1.82) is 0 Å². The molecule has 174 valence electrons. The predicted molar refractivity (Wildman–Crippen MR) is 135 cm³/mol. The van der Waals surface area contributed by atoms with Crippen LogP contribution in [0, 0.1) is 24.6 Å². The minimum Gasteiger partial charge on any atom is -0.489 e. The molecule has 1 N–H and O–H groups in total. The summed E-state index contributed by atoms with van der Waals surface area (Å²) in [5, 5.41) is 8.77. The van der Waals surface area contributed by atoms with Crippen molar-refractivity contribution in [3.05, 3.63) is 101 Å². The quantitative estimate of drug-likeness (QED) is 0.394. The molecule has 0 radical (unpaired) electrons. The lowest BCUT2D eigenvalue weighted by atomic mass is 9.97. The molecule has 0 amide bonds. The fraction of sp³-hybridized carbons (Fsp3) is 0.179. The molecular formula is C28H25FO4S. The average molecular weight is 477 g/mol. The first-order chi connectivity index (χ1) is 16.5. The Hall–Kier alpha value is -3.69. The zero-order valence-electron chi connectivity index (χ0n) is 19.0. The molecule has 0 aliphatic heterocycles. The van der Waals surface area contributed by atoms with Crippen LogP contribution in [0.3, 0.4) is 0 Å². The van der Waals surface area contributed by atoms with Gasteiger partial charge in [-0.25, -0.2) is 9.18 Å². The molecule has 0 atom stereocenters. The number of carboxylic acids is 1. The SMILES string of the molecule is CSCC#Cc1ccc(/C(=C\COc2ccc(OCC(=O)O)c(C)c2)c2ccc(F)cc2)cc1. The first kappa shape index (κ1) is 24.9. The maximum atomic E-state index is 13.5. The van der Waals surface area contributed by atoms with Gasteiger partial charge < -0.3 is 14.6 Å². The maximum Gasteiger partial charge on any atom is 0.341 e. The molecule has 0 aliphatic rings. The van der Waals surface area contributed by atoms with E-state index in [1.165, 1.54) is 12.1 Å². The number of rotatable bonds is 9. The average Bonchev–Trinajstić information content (AvgIpc) is 2.83. The monoisotopic (exact) mass is 476 g/mol. The van der Waals surface area contributed by atoms with E-state index in [4.69, 9.17) is 14.6 Å². The van der Waals surface area contributed by atoms with E-state index in [0.29, 0.717) is 11.5 Å². The fourth-order valence-corrected chi connectivity index (χ4v) is 3.43. The summed E-state index contributed by atoms with van der Waals surface area (Å²) >= 11 is 1.68. The summed E-state index contributed by atoms with van der Waals surface area (Å²) in [7, 11) is 0. The van der Waals surface area contributed by atoms with Crippen molar-refractivity contribution in [2.75, 3.05) is 25.2 Å². The van der Waals surface area contributed by atoms with Gasteiger partial charge in [-0.1, -0.05) is 36.1 Å². The molecule has 3 aromatic rings. The van der Waals surface area contributed by atoms with Crippen molar-refractivity contribution in [3.63, 3.8) is 0 Å². The van der Waals surface area contributed by atoms with E-state index in [1.54, 1.807) is 42.1 Å². The maximum absolute atomic E-state index is 13.5.